The van der Waals surface area contributed by atoms with Crippen molar-refractivity contribution in [3.8, 4) is 6.07 Å². The Morgan fingerprint density at radius 3 is 2.54 bits per heavy atom. The van der Waals surface area contributed by atoms with Crippen LogP contribution in [0.1, 0.15) is 19.4 Å². The quantitative estimate of drug-likeness (QED) is 0.703. The highest BCUT2D eigenvalue weighted by atomic mass is 15.1. The number of nitrogens with zero attached hydrogens (tertiary/aromatic N) is 2. The molecule has 0 unspecified atom stereocenters. The Labute approximate surface area is 79.4 Å². The van der Waals surface area contributed by atoms with E-state index < -0.39 is 0 Å². The van der Waals surface area contributed by atoms with Crippen molar-refractivity contribution < 1.29 is 0 Å². The smallest absolute Gasteiger partial charge is 0.0992 e. The number of benzene rings is 1. The van der Waals surface area contributed by atoms with Crippen LogP contribution in [0.25, 0.3) is 0 Å². The average Bonchev–Trinajstić information content (AvgIpc) is 2.20. The summed E-state index contributed by atoms with van der Waals surface area (Å²) < 4.78 is 0. The summed E-state index contributed by atoms with van der Waals surface area (Å²) in [4.78, 5) is 2.22. The number of anilines is 1. The summed E-state index contributed by atoms with van der Waals surface area (Å²) in [6.07, 6.45) is 0. The molecule has 0 atom stereocenters. The molecule has 0 saturated heterocycles. The summed E-state index contributed by atoms with van der Waals surface area (Å²) in [5, 5.41) is 8.72. The number of hydrogen-bond acceptors (Lipinski definition) is 2. The molecule has 0 N–H and O–H groups in total. The van der Waals surface area contributed by atoms with Gasteiger partial charge in [0.2, 0.25) is 0 Å². The van der Waals surface area contributed by atoms with Gasteiger partial charge >= 0.3 is 0 Å². The topological polar surface area (TPSA) is 27.0 Å². The molecule has 0 fully saturated rings. The Kier molecular flexibility index (Phi) is 3.33. The summed E-state index contributed by atoms with van der Waals surface area (Å²) in [5.41, 5.74) is 1.86. The molecule has 0 aliphatic heterocycles. The summed E-state index contributed by atoms with van der Waals surface area (Å²) in [5.74, 6) is 0. The zero-order chi connectivity index (χ0) is 9.68. The van der Waals surface area contributed by atoms with Gasteiger partial charge in [-0.1, -0.05) is 6.07 Å². The van der Waals surface area contributed by atoms with Gasteiger partial charge in [-0.2, -0.15) is 5.26 Å². The first-order chi connectivity index (χ1) is 6.31. The minimum absolute atomic E-state index is 0.726. The molecule has 1 aromatic rings. The van der Waals surface area contributed by atoms with Gasteiger partial charge in [-0.15, -0.1) is 0 Å². The molecular weight excluding hydrogens is 160 g/mol. The van der Waals surface area contributed by atoms with Gasteiger partial charge in [0, 0.05) is 18.8 Å². The van der Waals surface area contributed by atoms with Crippen molar-refractivity contribution in [2.24, 2.45) is 0 Å². The van der Waals surface area contributed by atoms with E-state index in [9.17, 15) is 0 Å². The standard InChI is InChI=1S/C11H14N2/c1-3-13(4-2)11-7-5-6-10(8-11)9-12/h5-8H,3-4H2,1-2H3. The number of nitriles is 1. The van der Waals surface area contributed by atoms with Crippen molar-refractivity contribution in [3.63, 3.8) is 0 Å². The normalized spacial score (nSPS) is 9.31. The zero-order valence-corrected chi connectivity index (χ0v) is 8.12. The second-order valence-corrected chi connectivity index (χ2v) is 2.83. The van der Waals surface area contributed by atoms with Crippen LogP contribution in [-0.4, -0.2) is 13.1 Å². The molecule has 1 rings (SSSR count). The molecule has 2 heteroatoms. The van der Waals surface area contributed by atoms with E-state index in [2.05, 4.69) is 24.8 Å². The van der Waals surface area contributed by atoms with Gasteiger partial charge < -0.3 is 4.90 Å². The Bertz CT molecular complexity index is 308. The van der Waals surface area contributed by atoms with Gasteiger partial charge in [0.1, 0.15) is 0 Å². The molecule has 0 radical (unpaired) electrons. The fraction of sp³-hybridized carbons (Fsp3) is 0.364. The van der Waals surface area contributed by atoms with Crippen LogP contribution in [0.4, 0.5) is 5.69 Å². The van der Waals surface area contributed by atoms with Gasteiger partial charge in [0.05, 0.1) is 11.6 Å². The summed E-state index contributed by atoms with van der Waals surface area (Å²) in [7, 11) is 0. The molecule has 0 saturated carbocycles. The Morgan fingerprint density at radius 2 is 2.00 bits per heavy atom. The Balaban J connectivity index is 2.94. The van der Waals surface area contributed by atoms with E-state index in [1.54, 1.807) is 0 Å². The molecule has 68 valence electrons. The molecule has 0 aliphatic rings. The predicted octanol–water partition coefficient (Wildman–Crippen LogP) is 2.40. The fourth-order valence-electron chi connectivity index (χ4n) is 1.36. The Morgan fingerprint density at radius 1 is 1.31 bits per heavy atom. The first kappa shape index (κ1) is 9.60. The number of hydrogen-bond donors (Lipinski definition) is 0. The molecule has 0 amide bonds. The monoisotopic (exact) mass is 174 g/mol. The van der Waals surface area contributed by atoms with Crippen LogP contribution in [0.5, 0.6) is 0 Å². The van der Waals surface area contributed by atoms with Gasteiger partial charge in [-0.3, -0.25) is 0 Å². The highest BCUT2D eigenvalue weighted by molar-refractivity contribution is 5.51. The van der Waals surface area contributed by atoms with Crippen LogP contribution in [0, 0.1) is 11.3 Å². The molecular formula is C11H14N2. The summed E-state index contributed by atoms with van der Waals surface area (Å²) >= 11 is 0. The molecule has 0 aliphatic carbocycles. The highest BCUT2D eigenvalue weighted by Crippen LogP contribution is 2.14. The van der Waals surface area contributed by atoms with Gasteiger partial charge in [-0.05, 0) is 32.0 Å². The van der Waals surface area contributed by atoms with E-state index in [0.29, 0.717) is 0 Å². The van der Waals surface area contributed by atoms with E-state index in [0.717, 1.165) is 24.3 Å². The van der Waals surface area contributed by atoms with Gasteiger partial charge in [0.15, 0.2) is 0 Å². The van der Waals surface area contributed by atoms with Gasteiger partial charge in [0.25, 0.3) is 0 Å². The third-order valence-electron chi connectivity index (χ3n) is 2.10. The largest absolute Gasteiger partial charge is 0.372 e. The minimum atomic E-state index is 0.726. The summed E-state index contributed by atoms with van der Waals surface area (Å²) in [6, 6.07) is 9.85. The van der Waals surface area contributed by atoms with Crippen LogP contribution in [-0.2, 0) is 0 Å². The first-order valence-corrected chi connectivity index (χ1v) is 4.57. The molecule has 0 aromatic heterocycles. The van der Waals surface area contributed by atoms with Crippen LogP contribution in [0.3, 0.4) is 0 Å². The molecule has 0 heterocycles. The Hall–Kier alpha value is -1.49. The zero-order valence-electron chi connectivity index (χ0n) is 8.12. The lowest BCUT2D eigenvalue weighted by molar-refractivity contribution is 0.866. The van der Waals surface area contributed by atoms with Crippen molar-refractivity contribution >= 4 is 5.69 Å². The lowest BCUT2D eigenvalue weighted by atomic mass is 10.2. The third-order valence-corrected chi connectivity index (χ3v) is 2.10. The lowest BCUT2D eigenvalue weighted by Crippen LogP contribution is -2.21. The van der Waals surface area contributed by atoms with Crippen LogP contribution in [0.2, 0.25) is 0 Å². The molecule has 2 nitrogen and oxygen atoms in total. The fourth-order valence-corrected chi connectivity index (χ4v) is 1.36. The molecule has 1 aromatic carbocycles. The van der Waals surface area contributed by atoms with Gasteiger partial charge in [-0.25, -0.2) is 0 Å². The average molecular weight is 174 g/mol. The van der Waals surface area contributed by atoms with E-state index >= 15 is 0 Å². The second-order valence-electron chi connectivity index (χ2n) is 2.83. The molecule has 0 bridgehead atoms. The first-order valence-electron chi connectivity index (χ1n) is 4.57. The van der Waals surface area contributed by atoms with Crippen LogP contribution < -0.4 is 4.90 Å². The maximum Gasteiger partial charge on any atom is 0.0992 e. The SMILES string of the molecule is CCN(CC)c1cccc(C#N)c1. The van der Waals surface area contributed by atoms with Crippen molar-refractivity contribution in [1.29, 1.82) is 5.26 Å². The maximum absolute atomic E-state index is 8.72. The predicted molar refractivity (Wildman–Crippen MR) is 54.7 cm³/mol. The van der Waals surface area contributed by atoms with Crippen LogP contribution >= 0.6 is 0 Å². The minimum Gasteiger partial charge on any atom is -0.372 e. The maximum atomic E-state index is 8.72. The van der Waals surface area contributed by atoms with E-state index in [4.69, 9.17) is 5.26 Å². The molecule has 0 spiro atoms. The second kappa shape index (κ2) is 4.51. The highest BCUT2D eigenvalue weighted by Gasteiger charge is 2.01. The van der Waals surface area contributed by atoms with Crippen molar-refractivity contribution in [2.75, 3.05) is 18.0 Å². The van der Waals surface area contributed by atoms with Crippen molar-refractivity contribution in [2.45, 2.75) is 13.8 Å². The summed E-state index contributed by atoms with van der Waals surface area (Å²) in [6.45, 7) is 6.18. The number of rotatable bonds is 3. The third kappa shape index (κ3) is 2.22. The van der Waals surface area contributed by atoms with E-state index in [1.165, 1.54) is 0 Å². The van der Waals surface area contributed by atoms with E-state index in [1.807, 2.05) is 24.3 Å². The lowest BCUT2D eigenvalue weighted by Gasteiger charge is -2.20. The van der Waals surface area contributed by atoms with E-state index in [-0.39, 0.29) is 0 Å². The van der Waals surface area contributed by atoms with Crippen molar-refractivity contribution in [1.82, 2.24) is 0 Å². The molecule has 13 heavy (non-hydrogen) atoms. The van der Waals surface area contributed by atoms with Crippen molar-refractivity contribution in [3.05, 3.63) is 29.8 Å². The van der Waals surface area contributed by atoms with Crippen LogP contribution in [0.15, 0.2) is 24.3 Å².